The number of amides is 1. The number of benzene rings is 4. The molecule has 0 unspecified atom stereocenters. The van der Waals surface area contributed by atoms with E-state index in [1.165, 1.54) is 19.2 Å². The Labute approximate surface area is 256 Å². The SMILES string of the molecule is COc1ccc(S(=O)(=O)N(CC(=O)Nc2nc(-c3ccc(Cl)cc3)cn2-c2ccc(C)c(C)c2)Cc2ccccc2)cc1. The minimum absolute atomic E-state index is 0.00421. The topological polar surface area (TPSA) is 93.5 Å². The number of imidazole rings is 1. The van der Waals surface area contributed by atoms with Crippen LogP contribution in [0.4, 0.5) is 5.95 Å². The highest BCUT2D eigenvalue weighted by molar-refractivity contribution is 7.89. The van der Waals surface area contributed by atoms with E-state index in [4.69, 9.17) is 21.3 Å². The van der Waals surface area contributed by atoms with E-state index in [0.717, 1.165) is 32.2 Å². The second-order valence-electron chi connectivity index (χ2n) is 10.1. The zero-order valence-electron chi connectivity index (χ0n) is 24.0. The molecule has 10 heteroatoms. The zero-order chi connectivity index (χ0) is 30.6. The average Bonchev–Trinajstić information content (AvgIpc) is 3.42. The van der Waals surface area contributed by atoms with E-state index in [-0.39, 0.29) is 17.4 Å². The highest BCUT2D eigenvalue weighted by Gasteiger charge is 2.28. The van der Waals surface area contributed by atoms with E-state index in [9.17, 15) is 13.2 Å². The van der Waals surface area contributed by atoms with Crippen LogP contribution in [0.5, 0.6) is 5.75 Å². The average molecular weight is 615 g/mol. The van der Waals surface area contributed by atoms with E-state index in [2.05, 4.69) is 5.32 Å². The normalized spacial score (nSPS) is 11.5. The van der Waals surface area contributed by atoms with Gasteiger partial charge in [-0.2, -0.15) is 4.31 Å². The van der Waals surface area contributed by atoms with Gasteiger partial charge in [-0.05, 0) is 79.1 Å². The summed E-state index contributed by atoms with van der Waals surface area (Å²) in [6.07, 6.45) is 1.83. The second-order valence-corrected chi connectivity index (χ2v) is 12.5. The molecule has 0 atom stereocenters. The predicted molar refractivity (Wildman–Crippen MR) is 169 cm³/mol. The molecular weight excluding hydrogens is 584 g/mol. The third-order valence-corrected chi connectivity index (χ3v) is 9.14. The first-order valence-corrected chi connectivity index (χ1v) is 15.4. The molecule has 8 nitrogen and oxygen atoms in total. The Hall–Kier alpha value is -4.44. The molecule has 0 bridgehead atoms. The Bertz CT molecular complexity index is 1840. The lowest BCUT2D eigenvalue weighted by molar-refractivity contribution is -0.116. The minimum Gasteiger partial charge on any atom is -0.497 e. The van der Waals surface area contributed by atoms with Gasteiger partial charge in [0.05, 0.1) is 24.2 Å². The van der Waals surface area contributed by atoms with Crippen molar-refractivity contribution < 1.29 is 17.9 Å². The summed E-state index contributed by atoms with van der Waals surface area (Å²) in [4.78, 5) is 18.3. The monoisotopic (exact) mass is 614 g/mol. The van der Waals surface area contributed by atoms with Gasteiger partial charge >= 0.3 is 0 Å². The molecule has 0 spiro atoms. The van der Waals surface area contributed by atoms with Crippen LogP contribution in [-0.2, 0) is 21.4 Å². The van der Waals surface area contributed by atoms with E-state index in [1.54, 1.807) is 28.8 Å². The number of methoxy groups -OCH3 is 1. The molecule has 0 aliphatic rings. The van der Waals surface area contributed by atoms with Crippen LogP contribution >= 0.6 is 11.6 Å². The van der Waals surface area contributed by atoms with Crippen LogP contribution < -0.4 is 10.1 Å². The van der Waals surface area contributed by atoms with Gasteiger partial charge in [0, 0.05) is 29.0 Å². The maximum Gasteiger partial charge on any atom is 0.243 e. The lowest BCUT2D eigenvalue weighted by Crippen LogP contribution is -2.38. The summed E-state index contributed by atoms with van der Waals surface area (Å²) in [5.74, 6) is 0.257. The molecule has 0 saturated heterocycles. The molecule has 4 aromatic carbocycles. The van der Waals surface area contributed by atoms with E-state index in [1.807, 2.05) is 80.7 Å². The van der Waals surface area contributed by atoms with E-state index in [0.29, 0.717) is 16.5 Å². The number of anilines is 1. The summed E-state index contributed by atoms with van der Waals surface area (Å²) in [5.41, 5.74) is 5.20. The lowest BCUT2D eigenvalue weighted by Gasteiger charge is -2.22. The van der Waals surface area contributed by atoms with Gasteiger partial charge in [-0.15, -0.1) is 0 Å². The van der Waals surface area contributed by atoms with Gasteiger partial charge in [0.15, 0.2) is 0 Å². The van der Waals surface area contributed by atoms with Gasteiger partial charge in [-0.1, -0.05) is 60.1 Å². The van der Waals surface area contributed by atoms with Gasteiger partial charge in [-0.25, -0.2) is 13.4 Å². The second kappa shape index (κ2) is 12.8. The van der Waals surface area contributed by atoms with Crippen LogP contribution in [0.25, 0.3) is 16.9 Å². The molecule has 5 aromatic rings. The molecule has 0 aliphatic carbocycles. The van der Waals surface area contributed by atoms with E-state index >= 15 is 0 Å². The third kappa shape index (κ3) is 6.97. The third-order valence-electron chi connectivity index (χ3n) is 7.08. The van der Waals surface area contributed by atoms with Gasteiger partial charge in [0.2, 0.25) is 21.9 Å². The molecule has 1 aromatic heterocycles. The Morgan fingerprint density at radius 2 is 1.63 bits per heavy atom. The molecule has 0 saturated carbocycles. The van der Waals surface area contributed by atoms with Crippen LogP contribution in [0.2, 0.25) is 5.02 Å². The van der Waals surface area contributed by atoms with Gasteiger partial charge in [0.1, 0.15) is 5.75 Å². The van der Waals surface area contributed by atoms with Crippen molar-refractivity contribution >= 4 is 33.5 Å². The molecular formula is C33H31ClN4O4S. The van der Waals surface area contributed by atoms with Crippen LogP contribution in [0.15, 0.2) is 108 Å². The summed E-state index contributed by atoms with van der Waals surface area (Å²) >= 11 is 6.09. The van der Waals surface area contributed by atoms with Crippen molar-refractivity contribution in [2.75, 3.05) is 19.0 Å². The van der Waals surface area contributed by atoms with Crippen molar-refractivity contribution in [3.8, 4) is 22.7 Å². The number of ether oxygens (including phenoxy) is 1. The fraction of sp³-hybridized carbons (Fsp3) is 0.152. The van der Waals surface area contributed by atoms with Crippen LogP contribution in [-0.4, -0.2) is 41.8 Å². The molecule has 43 heavy (non-hydrogen) atoms. The lowest BCUT2D eigenvalue weighted by atomic mass is 10.1. The molecule has 220 valence electrons. The number of carbonyl (C=O) groups excluding carboxylic acids is 1. The Balaban J connectivity index is 1.48. The summed E-state index contributed by atoms with van der Waals surface area (Å²) in [6, 6.07) is 28.4. The van der Waals surface area contributed by atoms with Gasteiger partial charge < -0.3 is 4.74 Å². The number of rotatable bonds is 10. The van der Waals surface area contributed by atoms with E-state index < -0.39 is 22.5 Å². The number of halogens is 1. The molecule has 0 aliphatic heterocycles. The number of aryl methyl sites for hydroxylation is 2. The predicted octanol–water partition coefficient (Wildman–Crippen LogP) is 6.65. The highest BCUT2D eigenvalue weighted by Crippen LogP contribution is 2.27. The van der Waals surface area contributed by atoms with Crippen molar-refractivity contribution in [1.82, 2.24) is 13.9 Å². The van der Waals surface area contributed by atoms with Crippen LogP contribution in [0.3, 0.4) is 0 Å². The fourth-order valence-corrected chi connectivity index (χ4v) is 6.04. The smallest absolute Gasteiger partial charge is 0.243 e. The molecule has 0 fully saturated rings. The summed E-state index contributed by atoms with van der Waals surface area (Å²) in [5, 5.41) is 3.46. The van der Waals surface area contributed by atoms with Crippen LogP contribution in [0.1, 0.15) is 16.7 Å². The Kier molecular flexibility index (Phi) is 8.96. The van der Waals surface area contributed by atoms with Crippen molar-refractivity contribution in [2.45, 2.75) is 25.3 Å². The first-order chi connectivity index (χ1) is 20.6. The standard InChI is InChI=1S/C33H31ClN4O4S/c1-23-9-14-28(19-24(23)2)38-21-31(26-10-12-27(34)13-11-26)35-33(38)36-32(39)22-37(20-25-7-5-4-6-8-25)43(40,41)30-17-15-29(42-3)16-18-30/h4-19,21H,20,22H2,1-3H3,(H,35,36,39). The molecule has 1 heterocycles. The number of nitrogens with zero attached hydrogens (tertiary/aromatic N) is 3. The summed E-state index contributed by atoms with van der Waals surface area (Å²) < 4.78 is 35.7. The molecule has 1 N–H and O–H groups in total. The Morgan fingerprint density at radius 1 is 0.930 bits per heavy atom. The number of aromatic nitrogens is 2. The quantitative estimate of drug-likeness (QED) is 0.190. The van der Waals surface area contributed by atoms with Crippen molar-refractivity contribution in [3.63, 3.8) is 0 Å². The molecule has 0 radical (unpaired) electrons. The summed E-state index contributed by atoms with van der Waals surface area (Å²) in [6.45, 7) is 3.61. The maximum absolute atomic E-state index is 13.8. The maximum atomic E-state index is 13.8. The minimum atomic E-state index is -4.05. The Morgan fingerprint density at radius 3 is 2.28 bits per heavy atom. The number of carbonyl (C=O) groups is 1. The number of sulfonamides is 1. The van der Waals surface area contributed by atoms with Gasteiger partial charge in [-0.3, -0.25) is 14.7 Å². The summed E-state index contributed by atoms with van der Waals surface area (Å²) in [7, 11) is -2.54. The fourth-order valence-electron chi connectivity index (χ4n) is 4.53. The number of hydrogen-bond acceptors (Lipinski definition) is 5. The zero-order valence-corrected chi connectivity index (χ0v) is 25.6. The molecule has 1 amide bonds. The number of hydrogen-bond donors (Lipinski definition) is 1. The van der Waals surface area contributed by atoms with Crippen molar-refractivity contribution in [1.29, 1.82) is 0 Å². The first-order valence-electron chi connectivity index (χ1n) is 13.5. The van der Waals surface area contributed by atoms with Crippen molar-refractivity contribution in [3.05, 3.63) is 125 Å². The first kappa shape index (κ1) is 30.0. The number of nitrogens with one attached hydrogen (secondary N) is 1. The van der Waals surface area contributed by atoms with Gasteiger partial charge in [0.25, 0.3) is 0 Å². The van der Waals surface area contributed by atoms with Crippen molar-refractivity contribution in [2.24, 2.45) is 0 Å². The molecule has 5 rings (SSSR count). The largest absolute Gasteiger partial charge is 0.497 e. The highest BCUT2D eigenvalue weighted by atomic mass is 35.5. The van der Waals surface area contributed by atoms with Crippen LogP contribution in [0, 0.1) is 13.8 Å².